The lowest BCUT2D eigenvalue weighted by atomic mass is 9.85. The van der Waals surface area contributed by atoms with Gasteiger partial charge in [0, 0.05) is 5.69 Å². The number of ether oxygens (including phenoxy) is 1. The van der Waals surface area contributed by atoms with Crippen LogP contribution in [0.15, 0.2) is 18.2 Å². The highest BCUT2D eigenvalue weighted by Gasteiger charge is 2.36. The van der Waals surface area contributed by atoms with Crippen molar-refractivity contribution in [2.75, 3.05) is 12.8 Å². The molecule has 106 valence electrons. The third-order valence-corrected chi connectivity index (χ3v) is 3.46. The number of aliphatic hydroxyl groups is 1. The molecule has 0 radical (unpaired) electrons. The van der Waals surface area contributed by atoms with Crippen molar-refractivity contribution in [2.24, 2.45) is 0 Å². The number of nitrogens with one attached hydrogen (secondary N) is 1. The summed E-state index contributed by atoms with van der Waals surface area (Å²) >= 11 is 0. The molecule has 0 heterocycles. The highest BCUT2D eigenvalue weighted by atomic mass is 16.5. The molecule has 1 aromatic rings. The summed E-state index contributed by atoms with van der Waals surface area (Å²) in [6.07, 6.45) is 0. The SMILES string of the molecule is COc1ccc(N)c(C(=O)NC(C)(C)C(C)(C)O)c1. The maximum Gasteiger partial charge on any atom is 0.254 e. The van der Waals surface area contributed by atoms with Crippen LogP contribution in [0, 0.1) is 0 Å². The fraction of sp³-hybridized carbons (Fsp3) is 0.500. The van der Waals surface area contributed by atoms with Crippen molar-refractivity contribution >= 4 is 11.6 Å². The fourth-order valence-corrected chi connectivity index (χ4v) is 1.36. The lowest BCUT2D eigenvalue weighted by molar-refractivity contribution is -0.00291. The van der Waals surface area contributed by atoms with Crippen molar-refractivity contribution in [3.05, 3.63) is 23.8 Å². The molecule has 0 spiro atoms. The van der Waals surface area contributed by atoms with Gasteiger partial charge < -0.3 is 20.9 Å². The smallest absolute Gasteiger partial charge is 0.254 e. The Hall–Kier alpha value is -1.75. The predicted octanol–water partition coefficient (Wildman–Crippen LogP) is 1.56. The molecule has 0 saturated heterocycles. The topological polar surface area (TPSA) is 84.6 Å². The van der Waals surface area contributed by atoms with Crippen LogP contribution in [-0.4, -0.2) is 29.3 Å². The van der Waals surface area contributed by atoms with E-state index >= 15 is 0 Å². The van der Waals surface area contributed by atoms with Gasteiger partial charge in [0.25, 0.3) is 5.91 Å². The molecule has 4 N–H and O–H groups in total. The van der Waals surface area contributed by atoms with Crippen LogP contribution in [0.25, 0.3) is 0 Å². The first-order chi connectivity index (χ1) is 8.58. The van der Waals surface area contributed by atoms with Crippen LogP contribution in [0.2, 0.25) is 0 Å². The van der Waals surface area contributed by atoms with E-state index in [1.807, 2.05) is 0 Å². The minimum Gasteiger partial charge on any atom is -0.497 e. The van der Waals surface area contributed by atoms with Gasteiger partial charge in [0.1, 0.15) is 5.75 Å². The Kier molecular flexibility index (Phi) is 4.10. The molecule has 1 aromatic carbocycles. The second-order valence-corrected chi connectivity index (χ2v) is 5.59. The Bertz CT molecular complexity index is 476. The van der Waals surface area contributed by atoms with Gasteiger partial charge in [-0.15, -0.1) is 0 Å². The van der Waals surface area contributed by atoms with E-state index in [4.69, 9.17) is 10.5 Å². The normalized spacial score (nSPS) is 12.1. The number of nitrogens with two attached hydrogens (primary N) is 1. The molecule has 5 heteroatoms. The second kappa shape index (κ2) is 5.09. The molecule has 0 unspecified atom stereocenters. The van der Waals surface area contributed by atoms with Gasteiger partial charge in [-0.2, -0.15) is 0 Å². The van der Waals surface area contributed by atoms with Gasteiger partial charge in [0.15, 0.2) is 0 Å². The van der Waals surface area contributed by atoms with Crippen molar-refractivity contribution in [3.63, 3.8) is 0 Å². The van der Waals surface area contributed by atoms with E-state index in [0.717, 1.165) is 0 Å². The standard InChI is InChI=1S/C14H22N2O3/c1-13(2,14(3,4)18)16-12(17)10-8-9(19-5)6-7-11(10)15/h6-8,18H,15H2,1-5H3,(H,16,17). The molecular weight excluding hydrogens is 244 g/mol. The highest BCUT2D eigenvalue weighted by Crippen LogP contribution is 2.24. The highest BCUT2D eigenvalue weighted by molar-refractivity contribution is 6.00. The Morgan fingerprint density at radius 3 is 2.37 bits per heavy atom. The number of carbonyl (C=O) groups excluding carboxylic acids is 1. The molecule has 0 aliphatic rings. The molecule has 0 saturated carbocycles. The Morgan fingerprint density at radius 1 is 1.32 bits per heavy atom. The molecule has 1 rings (SSSR count). The average molecular weight is 266 g/mol. The number of hydrogen-bond donors (Lipinski definition) is 3. The van der Waals surface area contributed by atoms with E-state index in [0.29, 0.717) is 17.0 Å². The first kappa shape index (κ1) is 15.3. The molecular formula is C14H22N2O3. The summed E-state index contributed by atoms with van der Waals surface area (Å²) in [5.41, 5.74) is 4.64. The molecule has 19 heavy (non-hydrogen) atoms. The minimum atomic E-state index is -1.06. The number of hydrogen-bond acceptors (Lipinski definition) is 4. The van der Waals surface area contributed by atoms with Crippen LogP contribution in [0.4, 0.5) is 5.69 Å². The van der Waals surface area contributed by atoms with Gasteiger partial charge in [-0.1, -0.05) is 0 Å². The van der Waals surface area contributed by atoms with Gasteiger partial charge in [-0.05, 0) is 45.9 Å². The first-order valence-electron chi connectivity index (χ1n) is 6.07. The summed E-state index contributed by atoms with van der Waals surface area (Å²) in [6.45, 7) is 6.78. The van der Waals surface area contributed by atoms with Crippen LogP contribution in [0.1, 0.15) is 38.1 Å². The second-order valence-electron chi connectivity index (χ2n) is 5.59. The molecule has 0 bridgehead atoms. The minimum absolute atomic E-state index is 0.330. The molecule has 0 fully saturated rings. The average Bonchev–Trinajstić information content (AvgIpc) is 2.27. The number of rotatable bonds is 4. The fourth-order valence-electron chi connectivity index (χ4n) is 1.36. The van der Waals surface area contributed by atoms with Gasteiger partial charge in [-0.3, -0.25) is 4.79 Å². The van der Waals surface area contributed by atoms with Crippen molar-refractivity contribution in [3.8, 4) is 5.75 Å². The van der Waals surface area contributed by atoms with E-state index < -0.39 is 11.1 Å². The largest absolute Gasteiger partial charge is 0.497 e. The summed E-state index contributed by atoms with van der Waals surface area (Å²) in [4.78, 5) is 12.2. The lowest BCUT2D eigenvalue weighted by Crippen LogP contribution is -2.57. The monoisotopic (exact) mass is 266 g/mol. The van der Waals surface area contributed by atoms with Crippen LogP contribution in [0.5, 0.6) is 5.75 Å². The van der Waals surface area contributed by atoms with Crippen LogP contribution in [-0.2, 0) is 0 Å². The predicted molar refractivity (Wildman–Crippen MR) is 75.2 cm³/mol. The summed E-state index contributed by atoms with van der Waals surface area (Å²) in [7, 11) is 1.52. The van der Waals surface area contributed by atoms with E-state index in [1.54, 1.807) is 45.9 Å². The number of carbonyl (C=O) groups is 1. The molecule has 1 amide bonds. The van der Waals surface area contributed by atoms with Crippen LogP contribution >= 0.6 is 0 Å². The third kappa shape index (κ3) is 3.38. The molecule has 0 atom stereocenters. The zero-order valence-corrected chi connectivity index (χ0v) is 12.1. The number of benzene rings is 1. The maximum absolute atomic E-state index is 12.2. The number of amides is 1. The lowest BCUT2D eigenvalue weighted by Gasteiger charge is -2.38. The summed E-state index contributed by atoms with van der Waals surface area (Å²) in [6, 6.07) is 4.88. The Morgan fingerprint density at radius 2 is 1.89 bits per heavy atom. The van der Waals surface area contributed by atoms with Crippen molar-refractivity contribution < 1.29 is 14.6 Å². The first-order valence-corrected chi connectivity index (χ1v) is 6.07. The van der Waals surface area contributed by atoms with Crippen molar-refractivity contribution in [1.29, 1.82) is 0 Å². The van der Waals surface area contributed by atoms with Gasteiger partial charge >= 0.3 is 0 Å². The Balaban J connectivity index is 3.02. The summed E-state index contributed by atoms with van der Waals surface area (Å²) < 4.78 is 5.07. The third-order valence-electron chi connectivity index (χ3n) is 3.46. The van der Waals surface area contributed by atoms with E-state index in [-0.39, 0.29) is 5.91 Å². The quantitative estimate of drug-likeness (QED) is 0.722. The molecule has 0 aliphatic carbocycles. The van der Waals surface area contributed by atoms with E-state index in [2.05, 4.69) is 5.32 Å². The molecule has 0 aromatic heterocycles. The van der Waals surface area contributed by atoms with Crippen molar-refractivity contribution in [2.45, 2.75) is 38.8 Å². The zero-order chi connectivity index (χ0) is 14.8. The van der Waals surface area contributed by atoms with E-state index in [1.165, 1.54) is 7.11 Å². The zero-order valence-electron chi connectivity index (χ0n) is 12.1. The van der Waals surface area contributed by atoms with Crippen LogP contribution < -0.4 is 15.8 Å². The Labute approximate surface area is 113 Å². The number of anilines is 1. The number of methoxy groups -OCH3 is 1. The number of nitrogen functional groups attached to an aromatic ring is 1. The van der Waals surface area contributed by atoms with Crippen molar-refractivity contribution in [1.82, 2.24) is 5.32 Å². The maximum atomic E-state index is 12.2. The van der Waals surface area contributed by atoms with Gasteiger partial charge in [0.05, 0.1) is 23.8 Å². The van der Waals surface area contributed by atoms with Crippen LogP contribution in [0.3, 0.4) is 0 Å². The summed E-state index contributed by atoms with van der Waals surface area (Å²) in [5.74, 6) is 0.212. The van der Waals surface area contributed by atoms with E-state index in [9.17, 15) is 9.90 Å². The summed E-state index contributed by atoms with van der Waals surface area (Å²) in [5, 5.41) is 12.8. The molecule has 5 nitrogen and oxygen atoms in total. The molecule has 0 aliphatic heterocycles. The van der Waals surface area contributed by atoms with Gasteiger partial charge in [-0.25, -0.2) is 0 Å². The van der Waals surface area contributed by atoms with Gasteiger partial charge in [0.2, 0.25) is 0 Å².